The van der Waals surface area contributed by atoms with Gasteiger partial charge in [0.25, 0.3) is 5.91 Å². The Balaban J connectivity index is 2.45. The number of carbonyl (C=O) groups is 1. The molecule has 1 amide bonds. The molecule has 0 aliphatic heterocycles. The molecule has 3 unspecified atom stereocenters. The van der Waals surface area contributed by atoms with Crippen LogP contribution in [0.2, 0.25) is 0 Å². The minimum atomic E-state index is -0.706. The Hall–Kier alpha value is -0.610. The highest BCUT2D eigenvalue weighted by molar-refractivity contribution is 5.85. The zero-order valence-corrected chi connectivity index (χ0v) is 8.46. The van der Waals surface area contributed by atoms with E-state index in [-0.39, 0.29) is 18.0 Å². The maximum absolute atomic E-state index is 11.6. The predicted octanol–water partition coefficient (Wildman–Crippen LogP) is 0.0173. The highest BCUT2D eigenvalue weighted by Crippen LogP contribution is 2.21. The van der Waals surface area contributed by atoms with Crippen molar-refractivity contribution in [3.8, 4) is 0 Å². The average Bonchev–Trinajstić information content (AvgIpc) is 2.80. The van der Waals surface area contributed by atoms with Crippen molar-refractivity contribution in [2.24, 2.45) is 5.73 Å². The Morgan fingerprint density at radius 1 is 1.77 bits per heavy atom. The van der Waals surface area contributed by atoms with Gasteiger partial charge in [0.05, 0.1) is 0 Å². The number of amides is 1. The van der Waals surface area contributed by atoms with Crippen LogP contribution >= 0.6 is 0 Å². The Labute approximate surface area is 78.8 Å². The second-order valence-electron chi connectivity index (χ2n) is 3.77. The van der Waals surface area contributed by atoms with E-state index < -0.39 is 5.60 Å². The van der Waals surface area contributed by atoms with E-state index >= 15 is 0 Å². The van der Waals surface area contributed by atoms with E-state index in [1.165, 1.54) is 0 Å². The zero-order valence-electron chi connectivity index (χ0n) is 8.46. The van der Waals surface area contributed by atoms with Crippen LogP contribution in [0.15, 0.2) is 0 Å². The third-order valence-corrected chi connectivity index (χ3v) is 2.76. The fraction of sp³-hybridized carbons (Fsp3) is 0.889. The predicted molar refractivity (Wildman–Crippen MR) is 50.2 cm³/mol. The first-order chi connectivity index (χ1) is 6.03. The van der Waals surface area contributed by atoms with Crippen LogP contribution in [-0.4, -0.2) is 30.7 Å². The number of methoxy groups -OCH3 is 1. The normalized spacial score (nSPS) is 30.8. The quantitative estimate of drug-likeness (QED) is 0.650. The van der Waals surface area contributed by atoms with Gasteiger partial charge < -0.3 is 15.8 Å². The molecule has 0 saturated heterocycles. The summed E-state index contributed by atoms with van der Waals surface area (Å²) in [4.78, 5) is 11.6. The van der Waals surface area contributed by atoms with Gasteiger partial charge in [-0.25, -0.2) is 0 Å². The van der Waals surface area contributed by atoms with E-state index in [9.17, 15) is 4.79 Å². The molecule has 1 aliphatic carbocycles. The van der Waals surface area contributed by atoms with Gasteiger partial charge in [-0.2, -0.15) is 0 Å². The number of hydrogen-bond donors (Lipinski definition) is 2. The minimum Gasteiger partial charge on any atom is -0.369 e. The number of rotatable bonds is 4. The lowest BCUT2D eigenvalue weighted by atomic mass is 10.0. The van der Waals surface area contributed by atoms with Gasteiger partial charge >= 0.3 is 0 Å². The highest BCUT2D eigenvalue weighted by atomic mass is 16.5. The molecule has 0 aromatic rings. The molecule has 0 heterocycles. The summed E-state index contributed by atoms with van der Waals surface area (Å²) < 4.78 is 5.16. The molecular weight excluding hydrogens is 168 g/mol. The van der Waals surface area contributed by atoms with E-state index in [1.807, 2.05) is 6.92 Å². The number of ether oxygens (including phenoxy) is 1. The monoisotopic (exact) mass is 186 g/mol. The Morgan fingerprint density at radius 2 is 2.31 bits per heavy atom. The Morgan fingerprint density at radius 3 is 2.62 bits per heavy atom. The summed E-state index contributed by atoms with van der Waals surface area (Å²) in [6.07, 6.45) is 1.55. The largest absolute Gasteiger partial charge is 0.369 e. The molecule has 4 heteroatoms. The summed E-state index contributed by atoms with van der Waals surface area (Å²) in [5.41, 5.74) is 4.88. The van der Waals surface area contributed by atoms with Gasteiger partial charge in [-0.15, -0.1) is 0 Å². The van der Waals surface area contributed by atoms with E-state index in [1.54, 1.807) is 14.0 Å². The second-order valence-corrected chi connectivity index (χ2v) is 3.77. The molecule has 1 aliphatic rings. The average molecular weight is 186 g/mol. The van der Waals surface area contributed by atoms with Crippen molar-refractivity contribution >= 4 is 5.91 Å². The fourth-order valence-corrected chi connectivity index (χ4v) is 1.10. The van der Waals surface area contributed by atoms with Crippen molar-refractivity contribution in [3.63, 3.8) is 0 Å². The third-order valence-electron chi connectivity index (χ3n) is 2.76. The summed E-state index contributed by atoms with van der Waals surface area (Å²) >= 11 is 0. The number of nitrogens with one attached hydrogen (secondary N) is 1. The van der Waals surface area contributed by atoms with Crippen molar-refractivity contribution in [2.45, 2.75) is 44.4 Å². The molecule has 0 radical (unpaired) electrons. The summed E-state index contributed by atoms with van der Waals surface area (Å²) in [6, 6.07) is 0.301. The van der Waals surface area contributed by atoms with E-state index in [4.69, 9.17) is 10.5 Å². The van der Waals surface area contributed by atoms with Gasteiger partial charge in [0.1, 0.15) is 5.60 Å². The standard InChI is InChI=1S/C9H18N2O2/c1-4-9(2,13-3)8(12)11-7-5-6(7)10/h6-7H,4-5,10H2,1-3H3,(H,11,12). The van der Waals surface area contributed by atoms with Crippen LogP contribution in [-0.2, 0) is 9.53 Å². The van der Waals surface area contributed by atoms with Crippen molar-refractivity contribution in [1.82, 2.24) is 5.32 Å². The van der Waals surface area contributed by atoms with Gasteiger partial charge in [-0.3, -0.25) is 4.79 Å². The Bertz CT molecular complexity index is 202. The molecule has 0 aromatic heterocycles. The molecule has 4 nitrogen and oxygen atoms in total. The van der Waals surface area contributed by atoms with Crippen molar-refractivity contribution in [2.75, 3.05) is 7.11 Å². The first-order valence-electron chi connectivity index (χ1n) is 4.65. The van der Waals surface area contributed by atoms with Crippen molar-refractivity contribution < 1.29 is 9.53 Å². The molecule has 1 fully saturated rings. The lowest BCUT2D eigenvalue weighted by Gasteiger charge is -2.25. The maximum atomic E-state index is 11.6. The van der Waals surface area contributed by atoms with Gasteiger partial charge in [0, 0.05) is 19.2 Å². The van der Waals surface area contributed by atoms with Crippen molar-refractivity contribution in [3.05, 3.63) is 0 Å². The van der Waals surface area contributed by atoms with Gasteiger partial charge in [-0.05, 0) is 19.8 Å². The number of carbonyl (C=O) groups excluding carboxylic acids is 1. The zero-order chi connectivity index (χ0) is 10.1. The summed E-state index contributed by atoms with van der Waals surface area (Å²) in [5, 5.41) is 2.86. The smallest absolute Gasteiger partial charge is 0.252 e. The Kier molecular flexibility index (Phi) is 2.93. The molecule has 1 rings (SSSR count). The molecule has 0 spiro atoms. The molecule has 0 aromatic carbocycles. The lowest BCUT2D eigenvalue weighted by Crippen LogP contribution is -2.47. The van der Waals surface area contributed by atoms with Crippen LogP contribution in [0, 0.1) is 0 Å². The molecule has 1 saturated carbocycles. The lowest BCUT2D eigenvalue weighted by molar-refractivity contribution is -0.142. The molecular formula is C9H18N2O2. The van der Waals surface area contributed by atoms with Crippen LogP contribution in [0.5, 0.6) is 0 Å². The fourth-order valence-electron chi connectivity index (χ4n) is 1.10. The van der Waals surface area contributed by atoms with Crippen LogP contribution in [0.1, 0.15) is 26.7 Å². The van der Waals surface area contributed by atoms with E-state index in [0.29, 0.717) is 6.42 Å². The van der Waals surface area contributed by atoms with Crippen LogP contribution in [0.3, 0.4) is 0 Å². The summed E-state index contributed by atoms with van der Waals surface area (Å²) in [7, 11) is 1.55. The minimum absolute atomic E-state index is 0.0598. The molecule has 76 valence electrons. The first kappa shape index (κ1) is 10.5. The van der Waals surface area contributed by atoms with Gasteiger partial charge in [0.15, 0.2) is 0 Å². The van der Waals surface area contributed by atoms with Gasteiger partial charge in [0.2, 0.25) is 0 Å². The summed E-state index contributed by atoms with van der Waals surface area (Å²) in [5.74, 6) is -0.0598. The van der Waals surface area contributed by atoms with Gasteiger partial charge in [-0.1, -0.05) is 6.92 Å². The SMILES string of the molecule is CCC(C)(OC)C(=O)NC1CC1N. The molecule has 3 N–H and O–H groups in total. The second kappa shape index (κ2) is 3.64. The molecule has 0 bridgehead atoms. The van der Waals surface area contributed by atoms with Crippen molar-refractivity contribution in [1.29, 1.82) is 0 Å². The van der Waals surface area contributed by atoms with Crippen LogP contribution in [0.25, 0.3) is 0 Å². The van der Waals surface area contributed by atoms with E-state index in [0.717, 1.165) is 6.42 Å². The molecule has 3 atom stereocenters. The maximum Gasteiger partial charge on any atom is 0.252 e. The molecule has 13 heavy (non-hydrogen) atoms. The topological polar surface area (TPSA) is 64.3 Å². The third kappa shape index (κ3) is 2.19. The van der Waals surface area contributed by atoms with Crippen LogP contribution < -0.4 is 11.1 Å². The highest BCUT2D eigenvalue weighted by Gasteiger charge is 2.39. The van der Waals surface area contributed by atoms with Crippen LogP contribution in [0.4, 0.5) is 0 Å². The van der Waals surface area contributed by atoms with E-state index in [2.05, 4.69) is 5.32 Å². The first-order valence-corrected chi connectivity index (χ1v) is 4.65. The number of hydrogen-bond acceptors (Lipinski definition) is 3. The number of nitrogens with two attached hydrogens (primary N) is 1. The summed E-state index contributed by atoms with van der Waals surface area (Å²) in [6.45, 7) is 3.71.